The van der Waals surface area contributed by atoms with Gasteiger partial charge in [-0.05, 0) is 82.3 Å². The normalized spacial score (nSPS) is 11.6. The molecule has 7 heteroatoms. The zero-order valence-corrected chi connectivity index (χ0v) is 39.2. The van der Waals surface area contributed by atoms with Crippen LogP contribution in [0.1, 0.15) is 128 Å². The first kappa shape index (κ1) is 49.4. The molecule has 0 bridgehead atoms. The quantitative estimate of drug-likeness (QED) is 0.0353. The van der Waals surface area contributed by atoms with E-state index in [9.17, 15) is 4.79 Å². The summed E-state index contributed by atoms with van der Waals surface area (Å²) in [5, 5.41) is 0. The molecule has 0 saturated heterocycles. The van der Waals surface area contributed by atoms with Gasteiger partial charge in [0.15, 0.2) is 16.6 Å². The number of carbonyl (C=O) groups is 1. The van der Waals surface area contributed by atoms with Crippen molar-refractivity contribution in [3.8, 4) is 22.6 Å². The summed E-state index contributed by atoms with van der Waals surface area (Å²) in [6.07, 6.45) is 16.0. The van der Waals surface area contributed by atoms with Crippen LogP contribution in [0.5, 0.6) is 11.5 Å². The van der Waals surface area contributed by atoms with E-state index in [0.29, 0.717) is 11.3 Å². The molecule has 0 amide bonds. The smallest absolute Gasteiger partial charge is 0.343 e. The van der Waals surface area contributed by atoms with Crippen LogP contribution in [-0.4, -0.2) is 28.7 Å². The van der Waals surface area contributed by atoms with Gasteiger partial charge in [-0.3, -0.25) is 0 Å². The first-order valence-corrected chi connectivity index (χ1v) is 26.3. The SMILES string of the molecule is CC.CC.CCCCCCCCCCCCCc1ccc(C(=O)Oc2ccc(-c3c[c-]c(OC(C)C[Si](C)(C)O[Si](C)(C)C)cc3)cc2)cc1.[Y]. The van der Waals surface area contributed by atoms with Crippen LogP contribution in [0.25, 0.3) is 11.1 Å². The van der Waals surface area contributed by atoms with Crippen LogP contribution in [0.2, 0.25) is 38.8 Å². The van der Waals surface area contributed by atoms with Gasteiger partial charge in [0.05, 0.1) is 11.7 Å². The van der Waals surface area contributed by atoms with Gasteiger partial charge in [-0.15, -0.1) is 17.7 Å². The van der Waals surface area contributed by atoms with E-state index >= 15 is 0 Å². The summed E-state index contributed by atoms with van der Waals surface area (Å²) in [7, 11) is -3.36. The molecule has 0 saturated carbocycles. The Morgan fingerprint density at radius 1 is 0.686 bits per heavy atom. The molecule has 1 unspecified atom stereocenters. The van der Waals surface area contributed by atoms with Crippen LogP contribution in [0, 0.1) is 6.07 Å². The summed E-state index contributed by atoms with van der Waals surface area (Å²) in [5.74, 6) is 0.938. The van der Waals surface area contributed by atoms with E-state index in [-0.39, 0.29) is 44.8 Å². The molecule has 3 aromatic rings. The number of rotatable bonds is 21. The minimum absolute atomic E-state index is 0. The minimum Gasteiger partial charge on any atom is -0.517 e. The van der Waals surface area contributed by atoms with Gasteiger partial charge in [-0.2, -0.15) is 12.1 Å². The van der Waals surface area contributed by atoms with Crippen molar-refractivity contribution < 1.29 is 51.1 Å². The number of benzene rings is 3. The predicted molar refractivity (Wildman–Crippen MR) is 222 cm³/mol. The maximum absolute atomic E-state index is 12.8. The Labute approximate surface area is 341 Å². The van der Waals surface area contributed by atoms with E-state index in [1.807, 2.05) is 82.3 Å². The summed E-state index contributed by atoms with van der Waals surface area (Å²) in [4.78, 5) is 12.8. The van der Waals surface area contributed by atoms with Crippen molar-refractivity contribution in [2.24, 2.45) is 0 Å². The van der Waals surface area contributed by atoms with Crippen molar-refractivity contribution in [3.63, 3.8) is 0 Å². The molecule has 0 fully saturated rings. The zero-order valence-electron chi connectivity index (χ0n) is 34.3. The molecule has 3 rings (SSSR count). The molecule has 51 heavy (non-hydrogen) atoms. The van der Waals surface area contributed by atoms with Crippen molar-refractivity contribution in [1.29, 1.82) is 0 Å². The molecule has 0 N–H and O–H groups in total. The van der Waals surface area contributed by atoms with E-state index in [0.717, 1.165) is 29.3 Å². The standard InChI is InChI=1S/C40H59O4Si2.2C2H6.Y/c1-8-9-10-11-12-13-14-15-16-17-18-19-34-20-22-37(23-21-34)40(41)43-39-30-26-36(27-31-39)35-24-28-38(29-25-35)42-33(2)32-46(6,7)44-45(3,4)5;2*1-2;/h20-28,30-31,33H,8-19,32H2,1-7H3;2*1-2H3;/q-1;;;. The number of hydrogen-bond acceptors (Lipinski definition) is 4. The summed E-state index contributed by atoms with van der Waals surface area (Å²) in [5.41, 5.74) is 3.91. The molecule has 0 heterocycles. The van der Waals surface area contributed by atoms with Crippen LogP contribution >= 0.6 is 0 Å². The fourth-order valence-corrected chi connectivity index (χ4v) is 14.6. The van der Waals surface area contributed by atoms with Crippen molar-refractivity contribution in [2.45, 2.75) is 163 Å². The van der Waals surface area contributed by atoms with E-state index < -0.39 is 16.6 Å². The third kappa shape index (κ3) is 22.3. The number of ether oxygens (including phenoxy) is 2. The van der Waals surface area contributed by atoms with Gasteiger partial charge in [-0.25, -0.2) is 4.79 Å². The van der Waals surface area contributed by atoms with E-state index in [1.165, 1.54) is 76.2 Å². The summed E-state index contributed by atoms with van der Waals surface area (Å²) >= 11 is 0. The average molecular weight is 809 g/mol. The molecule has 0 spiro atoms. The Morgan fingerprint density at radius 2 is 1.20 bits per heavy atom. The molecule has 283 valence electrons. The fourth-order valence-electron chi connectivity index (χ4n) is 6.17. The van der Waals surface area contributed by atoms with Crippen molar-refractivity contribution >= 4 is 22.6 Å². The molecule has 0 aliphatic heterocycles. The van der Waals surface area contributed by atoms with E-state index in [4.69, 9.17) is 13.6 Å². The summed E-state index contributed by atoms with van der Waals surface area (Å²) < 4.78 is 18.3. The number of esters is 1. The Balaban J connectivity index is 0.00000482. The van der Waals surface area contributed by atoms with Gasteiger partial charge >= 0.3 is 5.97 Å². The van der Waals surface area contributed by atoms with E-state index in [2.05, 4.69) is 64.8 Å². The monoisotopic (exact) mass is 808 g/mol. The van der Waals surface area contributed by atoms with Crippen molar-refractivity contribution in [2.75, 3.05) is 0 Å². The maximum Gasteiger partial charge on any atom is 0.343 e. The Kier molecular flexibility index (Phi) is 27.1. The average Bonchev–Trinajstić information content (AvgIpc) is 3.08. The summed E-state index contributed by atoms with van der Waals surface area (Å²) in [6.45, 7) is 23.7. The van der Waals surface area contributed by atoms with Gasteiger partial charge in [0, 0.05) is 44.5 Å². The fraction of sp³-hybridized carbons (Fsp3) is 0.568. The Morgan fingerprint density at radius 3 is 1.69 bits per heavy atom. The molecule has 0 aromatic heterocycles. The molecule has 1 atom stereocenters. The first-order chi connectivity index (χ1) is 23.9. The number of hydrogen-bond donors (Lipinski definition) is 0. The van der Waals surface area contributed by atoms with Crippen LogP contribution < -0.4 is 9.47 Å². The van der Waals surface area contributed by atoms with Gasteiger partial charge in [0.2, 0.25) is 0 Å². The van der Waals surface area contributed by atoms with E-state index in [1.54, 1.807) is 0 Å². The second kappa shape index (κ2) is 28.0. The zero-order chi connectivity index (χ0) is 37.4. The third-order valence-electron chi connectivity index (χ3n) is 8.13. The Bertz CT molecular complexity index is 1290. The number of carbonyl (C=O) groups excluding carboxylic acids is 1. The van der Waals surface area contributed by atoms with Gasteiger partial charge in [0.1, 0.15) is 5.75 Å². The number of aryl methyl sites for hydroxylation is 1. The van der Waals surface area contributed by atoms with Gasteiger partial charge in [0.25, 0.3) is 0 Å². The van der Waals surface area contributed by atoms with Crippen LogP contribution in [0.15, 0.2) is 66.7 Å². The molecule has 0 aliphatic carbocycles. The Hall–Kier alpha value is -1.57. The molecular formula is C44H71O4Si2Y-. The molecule has 1 radical (unpaired) electrons. The molecule has 0 aliphatic rings. The van der Waals surface area contributed by atoms with Crippen molar-refractivity contribution in [3.05, 3.63) is 83.9 Å². The minimum atomic E-state index is -1.79. The second-order valence-electron chi connectivity index (χ2n) is 14.4. The van der Waals surface area contributed by atoms with Crippen LogP contribution in [-0.2, 0) is 43.2 Å². The van der Waals surface area contributed by atoms with Crippen LogP contribution in [0.3, 0.4) is 0 Å². The predicted octanol–water partition coefficient (Wildman–Crippen LogP) is 14.1. The maximum atomic E-state index is 12.8. The van der Waals surface area contributed by atoms with Gasteiger partial charge < -0.3 is 13.6 Å². The topological polar surface area (TPSA) is 44.8 Å². The second-order valence-corrected chi connectivity index (χ2v) is 23.4. The number of unbranched alkanes of at least 4 members (excludes halogenated alkanes) is 10. The van der Waals surface area contributed by atoms with Gasteiger partial charge in [-0.1, -0.05) is 129 Å². The van der Waals surface area contributed by atoms with Crippen LogP contribution in [0.4, 0.5) is 0 Å². The molecular weight excluding hydrogens is 738 g/mol. The third-order valence-corrected chi connectivity index (χ3v) is 14.3. The molecule has 3 aromatic carbocycles. The molecule has 4 nitrogen and oxygen atoms in total. The largest absolute Gasteiger partial charge is 0.517 e. The first-order valence-electron chi connectivity index (χ1n) is 19.7. The summed E-state index contributed by atoms with van der Waals surface area (Å²) in [6, 6.07) is 25.7. The van der Waals surface area contributed by atoms with Crippen molar-refractivity contribution in [1.82, 2.24) is 0 Å².